The van der Waals surface area contributed by atoms with Gasteiger partial charge in [0.15, 0.2) is 5.78 Å². The summed E-state index contributed by atoms with van der Waals surface area (Å²) in [6, 6.07) is 8.95. The van der Waals surface area contributed by atoms with Gasteiger partial charge in [0.25, 0.3) is 0 Å². The highest BCUT2D eigenvalue weighted by Gasteiger charge is 2.33. The Morgan fingerprint density at radius 1 is 1.12 bits per heavy atom. The maximum absolute atomic E-state index is 13.1. The summed E-state index contributed by atoms with van der Waals surface area (Å²) in [7, 11) is 3.44. The number of carbonyl (C=O) groups is 1. The number of ketones is 1. The average Bonchev–Trinajstić information content (AvgIpc) is 2.52. The molecule has 0 aromatic heterocycles. The van der Waals surface area contributed by atoms with Gasteiger partial charge in [-0.3, -0.25) is 4.79 Å². The van der Waals surface area contributed by atoms with Crippen molar-refractivity contribution in [2.45, 2.75) is 6.18 Å². The number of hydrogen-bond acceptors (Lipinski definition) is 3. The fourth-order valence-corrected chi connectivity index (χ4v) is 2.19. The number of aromatic hydroxyl groups is 1. The monoisotopic (exact) mass is 335 g/mol. The van der Waals surface area contributed by atoms with Crippen molar-refractivity contribution in [3.05, 3.63) is 65.9 Å². The third-order valence-corrected chi connectivity index (χ3v) is 3.33. The Kier molecular flexibility index (Phi) is 4.97. The van der Waals surface area contributed by atoms with Crippen LogP contribution in [0.4, 0.5) is 13.2 Å². The fraction of sp³-hybridized carbons (Fsp3) is 0.167. The van der Waals surface area contributed by atoms with Gasteiger partial charge in [-0.05, 0) is 29.3 Å². The number of carbonyl (C=O) groups excluding carboxylic acids is 1. The van der Waals surface area contributed by atoms with E-state index in [4.69, 9.17) is 0 Å². The predicted molar refractivity (Wildman–Crippen MR) is 85.7 cm³/mol. The molecule has 0 spiro atoms. The zero-order chi connectivity index (χ0) is 17.9. The number of benzene rings is 2. The van der Waals surface area contributed by atoms with Crippen molar-refractivity contribution >= 4 is 5.78 Å². The largest absolute Gasteiger partial charge is 0.507 e. The van der Waals surface area contributed by atoms with Gasteiger partial charge >= 0.3 is 6.18 Å². The van der Waals surface area contributed by atoms with Crippen molar-refractivity contribution in [2.24, 2.45) is 0 Å². The smallest absolute Gasteiger partial charge is 0.417 e. The molecule has 24 heavy (non-hydrogen) atoms. The van der Waals surface area contributed by atoms with Gasteiger partial charge in [-0.2, -0.15) is 13.2 Å². The number of rotatable bonds is 4. The van der Waals surface area contributed by atoms with Crippen LogP contribution in [0, 0.1) is 0 Å². The molecule has 0 unspecified atom stereocenters. The maximum atomic E-state index is 13.1. The summed E-state index contributed by atoms with van der Waals surface area (Å²) in [5.41, 5.74) is -0.682. The third-order valence-electron chi connectivity index (χ3n) is 3.33. The molecule has 0 saturated carbocycles. The summed E-state index contributed by atoms with van der Waals surface area (Å²) in [6.45, 7) is 0. The van der Waals surface area contributed by atoms with Crippen molar-refractivity contribution in [1.29, 1.82) is 0 Å². The summed E-state index contributed by atoms with van der Waals surface area (Å²) < 4.78 is 39.4. The van der Waals surface area contributed by atoms with Gasteiger partial charge in [0.1, 0.15) is 5.75 Å². The molecule has 0 heterocycles. The normalized spacial score (nSPS) is 11.7. The van der Waals surface area contributed by atoms with Gasteiger partial charge < -0.3 is 10.0 Å². The van der Waals surface area contributed by atoms with E-state index in [1.807, 2.05) is 0 Å². The molecule has 0 amide bonds. The van der Waals surface area contributed by atoms with Crippen molar-refractivity contribution in [3.8, 4) is 16.9 Å². The highest BCUT2D eigenvalue weighted by molar-refractivity contribution is 6.07. The lowest BCUT2D eigenvalue weighted by Crippen LogP contribution is -2.07. The molecule has 2 rings (SSSR count). The number of halogens is 3. The molecule has 0 aliphatic rings. The van der Waals surface area contributed by atoms with E-state index in [0.29, 0.717) is 0 Å². The van der Waals surface area contributed by atoms with Gasteiger partial charge in [-0.1, -0.05) is 24.3 Å². The molecule has 0 saturated heterocycles. The van der Waals surface area contributed by atoms with Crippen LogP contribution in [0.1, 0.15) is 15.9 Å². The molecule has 3 nitrogen and oxygen atoms in total. The Balaban J connectivity index is 2.52. The molecule has 0 aliphatic heterocycles. The van der Waals surface area contributed by atoms with Crippen LogP contribution < -0.4 is 0 Å². The topological polar surface area (TPSA) is 40.5 Å². The van der Waals surface area contributed by atoms with Gasteiger partial charge in [-0.25, -0.2) is 0 Å². The van der Waals surface area contributed by atoms with E-state index < -0.39 is 17.5 Å². The second-order valence-corrected chi connectivity index (χ2v) is 5.42. The van der Waals surface area contributed by atoms with Crippen LogP contribution in [0.15, 0.2) is 54.7 Å². The number of nitrogens with zero attached hydrogens (tertiary/aromatic N) is 1. The van der Waals surface area contributed by atoms with E-state index >= 15 is 0 Å². The van der Waals surface area contributed by atoms with E-state index in [2.05, 4.69) is 0 Å². The zero-order valence-electron chi connectivity index (χ0n) is 13.1. The van der Waals surface area contributed by atoms with Crippen LogP contribution >= 0.6 is 0 Å². The molecule has 0 bridgehead atoms. The molecular formula is C18H16F3NO2. The van der Waals surface area contributed by atoms with Gasteiger partial charge in [-0.15, -0.1) is 0 Å². The number of hydrogen-bond donors (Lipinski definition) is 1. The Morgan fingerprint density at radius 2 is 1.79 bits per heavy atom. The minimum Gasteiger partial charge on any atom is -0.507 e. The summed E-state index contributed by atoms with van der Waals surface area (Å²) in [5.74, 6) is -0.774. The van der Waals surface area contributed by atoms with Crippen LogP contribution in [-0.2, 0) is 6.18 Å². The van der Waals surface area contributed by atoms with Crippen LogP contribution in [0.2, 0.25) is 0 Å². The van der Waals surface area contributed by atoms with Gasteiger partial charge in [0, 0.05) is 26.4 Å². The highest BCUT2D eigenvalue weighted by Crippen LogP contribution is 2.38. The molecule has 2 aromatic rings. The predicted octanol–water partition coefficient (Wildman–Crippen LogP) is 4.34. The van der Waals surface area contributed by atoms with Crippen LogP contribution in [0.5, 0.6) is 5.75 Å². The first-order chi connectivity index (χ1) is 11.2. The summed E-state index contributed by atoms with van der Waals surface area (Å²) in [6.07, 6.45) is -1.77. The second-order valence-electron chi connectivity index (χ2n) is 5.42. The standard InChI is InChI=1S/C18H16F3NO2/c1-22(2)10-9-17(24)14-11-12(7-8-16(14)23)13-5-3-4-6-15(13)18(19,20)21/h3-11,23H,1-2H3/b10-9+. The van der Waals surface area contributed by atoms with Crippen molar-refractivity contribution in [2.75, 3.05) is 14.1 Å². The lowest BCUT2D eigenvalue weighted by Gasteiger charge is -2.13. The van der Waals surface area contributed by atoms with Gasteiger partial charge in [0.2, 0.25) is 0 Å². The third kappa shape index (κ3) is 3.95. The number of alkyl halides is 3. The molecule has 0 fully saturated rings. The van der Waals surface area contributed by atoms with Crippen molar-refractivity contribution in [3.63, 3.8) is 0 Å². The van der Waals surface area contributed by atoms with E-state index in [0.717, 1.165) is 6.07 Å². The molecule has 6 heteroatoms. The van der Waals surface area contributed by atoms with Gasteiger partial charge in [0.05, 0.1) is 11.1 Å². The van der Waals surface area contributed by atoms with E-state index in [1.54, 1.807) is 19.0 Å². The van der Waals surface area contributed by atoms with E-state index in [-0.39, 0.29) is 22.4 Å². The Hall–Kier alpha value is -2.76. The SMILES string of the molecule is CN(C)/C=C/C(=O)c1cc(-c2ccccc2C(F)(F)F)ccc1O. The number of phenolic OH excluding ortho intramolecular Hbond substituents is 1. The highest BCUT2D eigenvalue weighted by atomic mass is 19.4. The molecule has 0 atom stereocenters. The second kappa shape index (κ2) is 6.78. The molecular weight excluding hydrogens is 319 g/mol. The van der Waals surface area contributed by atoms with Crippen LogP contribution in [0.3, 0.4) is 0 Å². The Bertz CT molecular complexity index is 780. The molecule has 2 aromatic carbocycles. The quantitative estimate of drug-likeness (QED) is 0.668. The Morgan fingerprint density at radius 3 is 2.42 bits per heavy atom. The minimum atomic E-state index is -4.51. The first-order valence-corrected chi connectivity index (χ1v) is 7.08. The maximum Gasteiger partial charge on any atom is 0.417 e. The van der Waals surface area contributed by atoms with E-state index in [1.165, 1.54) is 48.7 Å². The number of allylic oxidation sites excluding steroid dienone is 1. The molecule has 0 aliphatic carbocycles. The van der Waals surface area contributed by atoms with Crippen LogP contribution in [0.25, 0.3) is 11.1 Å². The fourth-order valence-electron chi connectivity index (χ4n) is 2.19. The van der Waals surface area contributed by atoms with Crippen molar-refractivity contribution < 1.29 is 23.1 Å². The van der Waals surface area contributed by atoms with Crippen molar-refractivity contribution in [1.82, 2.24) is 4.90 Å². The first kappa shape index (κ1) is 17.6. The van der Waals surface area contributed by atoms with Crippen LogP contribution in [-0.4, -0.2) is 29.9 Å². The summed E-state index contributed by atoms with van der Waals surface area (Å²) in [4.78, 5) is 13.8. The average molecular weight is 335 g/mol. The first-order valence-electron chi connectivity index (χ1n) is 7.08. The number of phenols is 1. The molecule has 126 valence electrons. The van der Waals surface area contributed by atoms with E-state index in [9.17, 15) is 23.1 Å². The lowest BCUT2D eigenvalue weighted by atomic mass is 9.96. The Labute approximate surface area is 137 Å². The molecule has 0 radical (unpaired) electrons. The summed E-state index contributed by atoms with van der Waals surface area (Å²) in [5, 5.41) is 9.86. The minimum absolute atomic E-state index is 0.0457. The summed E-state index contributed by atoms with van der Waals surface area (Å²) >= 11 is 0. The zero-order valence-corrected chi connectivity index (χ0v) is 13.1. The molecule has 1 N–H and O–H groups in total. The lowest BCUT2D eigenvalue weighted by molar-refractivity contribution is -0.137.